The molecule has 0 spiro atoms. The van der Waals surface area contributed by atoms with Gasteiger partial charge in [-0.2, -0.15) is 0 Å². The van der Waals surface area contributed by atoms with Gasteiger partial charge in [0.15, 0.2) is 5.16 Å². The third-order valence-corrected chi connectivity index (χ3v) is 6.91. The Morgan fingerprint density at radius 3 is 2.58 bits per heavy atom. The Balaban J connectivity index is 1.11. The van der Waals surface area contributed by atoms with Crippen LogP contribution in [0.25, 0.3) is 22.1 Å². The number of rotatable bonds is 6. The van der Waals surface area contributed by atoms with Gasteiger partial charge in [-0.15, -0.1) is 0 Å². The van der Waals surface area contributed by atoms with Crippen molar-refractivity contribution in [2.45, 2.75) is 36.9 Å². The molecule has 8 heteroatoms. The van der Waals surface area contributed by atoms with Crippen molar-refractivity contribution in [3.05, 3.63) is 59.0 Å². The van der Waals surface area contributed by atoms with E-state index in [1.807, 2.05) is 58.0 Å². The topological polar surface area (TPSA) is 86.8 Å². The Kier molecular flexibility index (Phi) is 5.55. The predicted octanol–water partition coefficient (Wildman–Crippen LogP) is 3.94. The van der Waals surface area contributed by atoms with Crippen LogP contribution in [0.15, 0.2) is 58.5 Å². The highest BCUT2D eigenvalue weighted by molar-refractivity contribution is 7.99. The summed E-state index contributed by atoms with van der Waals surface area (Å²) in [6, 6.07) is 15.9. The standard InChI is InChI=1S/C23H25N5O2S/c29-21(10-5-15-31-22-24-17-6-1-2-7-18(17)25-22)27-13-11-16(12-14-27)28-20-9-4-3-8-19(20)26-23(28)30/h1-4,6-9,16H,5,10-15H2,(H,24,25)(H,26,30). The van der Waals surface area contributed by atoms with Crippen LogP contribution >= 0.6 is 11.8 Å². The number of para-hydroxylation sites is 4. The molecule has 4 aromatic rings. The van der Waals surface area contributed by atoms with Gasteiger partial charge in [0.25, 0.3) is 0 Å². The average molecular weight is 436 g/mol. The van der Waals surface area contributed by atoms with Crippen LogP contribution in [0, 0.1) is 0 Å². The van der Waals surface area contributed by atoms with Gasteiger partial charge < -0.3 is 14.9 Å². The van der Waals surface area contributed by atoms with Gasteiger partial charge >= 0.3 is 5.69 Å². The number of piperidine rings is 1. The van der Waals surface area contributed by atoms with Crippen LogP contribution in [0.4, 0.5) is 0 Å². The monoisotopic (exact) mass is 435 g/mol. The average Bonchev–Trinajstić information content (AvgIpc) is 3.36. The number of fused-ring (bicyclic) bond motifs is 2. The highest BCUT2D eigenvalue weighted by Gasteiger charge is 2.25. The number of aromatic nitrogens is 4. The van der Waals surface area contributed by atoms with Crippen molar-refractivity contribution in [2.75, 3.05) is 18.8 Å². The molecule has 3 heterocycles. The lowest BCUT2D eigenvalue weighted by Crippen LogP contribution is -2.40. The summed E-state index contributed by atoms with van der Waals surface area (Å²) in [7, 11) is 0. The van der Waals surface area contributed by atoms with E-state index in [0.29, 0.717) is 19.5 Å². The van der Waals surface area contributed by atoms with E-state index in [2.05, 4.69) is 15.0 Å². The molecule has 0 bridgehead atoms. The number of imidazole rings is 2. The van der Waals surface area contributed by atoms with Gasteiger partial charge in [0.1, 0.15) is 0 Å². The number of carbonyl (C=O) groups excluding carboxylic acids is 1. The number of nitrogens with one attached hydrogen (secondary N) is 2. The lowest BCUT2D eigenvalue weighted by Gasteiger charge is -2.32. The molecule has 2 aromatic heterocycles. The molecule has 160 valence electrons. The van der Waals surface area contributed by atoms with E-state index < -0.39 is 0 Å². The molecule has 31 heavy (non-hydrogen) atoms. The molecular formula is C23H25N5O2S. The summed E-state index contributed by atoms with van der Waals surface area (Å²) < 4.78 is 1.86. The number of benzene rings is 2. The first-order valence-electron chi connectivity index (χ1n) is 10.7. The van der Waals surface area contributed by atoms with Crippen molar-refractivity contribution in [2.24, 2.45) is 0 Å². The Morgan fingerprint density at radius 2 is 1.77 bits per heavy atom. The summed E-state index contributed by atoms with van der Waals surface area (Å²) in [6.45, 7) is 1.40. The molecule has 1 amide bonds. The van der Waals surface area contributed by atoms with Crippen molar-refractivity contribution in [3.63, 3.8) is 0 Å². The molecule has 1 aliphatic rings. The van der Waals surface area contributed by atoms with Crippen LogP contribution in [0.1, 0.15) is 31.7 Å². The fourth-order valence-corrected chi connectivity index (χ4v) is 5.19. The van der Waals surface area contributed by atoms with E-state index in [1.165, 1.54) is 0 Å². The number of thioether (sulfide) groups is 1. The number of hydrogen-bond donors (Lipinski definition) is 2. The second kappa shape index (κ2) is 8.63. The maximum absolute atomic E-state index is 12.6. The molecular weight excluding hydrogens is 410 g/mol. The van der Waals surface area contributed by atoms with E-state index in [9.17, 15) is 9.59 Å². The zero-order chi connectivity index (χ0) is 21.2. The van der Waals surface area contributed by atoms with Crippen molar-refractivity contribution >= 4 is 39.7 Å². The lowest BCUT2D eigenvalue weighted by molar-refractivity contribution is -0.132. The second-order valence-electron chi connectivity index (χ2n) is 7.94. The van der Waals surface area contributed by atoms with Crippen molar-refractivity contribution in [1.82, 2.24) is 24.4 Å². The molecule has 0 radical (unpaired) electrons. The van der Waals surface area contributed by atoms with E-state index in [4.69, 9.17) is 0 Å². The zero-order valence-corrected chi connectivity index (χ0v) is 18.0. The highest BCUT2D eigenvalue weighted by atomic mass is 32.2. The van der Waals surface area contributed by atoms with Crippen LogP contribution in [-0.4, -0.2) is 49.2 Å². The minimum absolute atomic E-state index is 0.0615. The van der Waals surface area contributed by atoms with E-state index >= 15 is 0 Å². The third kappa shape index (κ3) is 4.12. The molecule has 0 saturated carbocycles. The fourth-order valence-electron chi connectivity index (χ4n) is 4.36. The Morgan fingerprint density at radius 1 is 1.03 bits per heavy atom. The molecule has 7 nitrogen and oxygen atoms in total. The smallest absolute Gasteiger partial charge is 0.326 e. The number of aromatic amines is 2. The zero-order valence-electron chi connectivity index (χ0n) is 17.2. The van der Waals surface area contributed by atoms with Crippen molar-refractivity contribution in [3.8, 4) is 0 Å². The first-order valence-corrected chi connectivity index (χ1v) is 11.7. The Hall–Kier alpha value is -3.00. The Labute approximate surface area is 183 Å². The molecule has 1 aliphatic heterocycles. The van der Waals surface area contributed by atoms with Gasteiger partial charge in [-0.25, -0.2) is 9.78 Å². The molecule has 2 aromatic carbocycles. The maximum Gasteiger partial charge on any atom is 0.326 e. The van der Waals surface area contributed by atoms with E-state index in [0.717, 1.165) is 52.2 Å². The summed E-state index contributed by atoms with van der Waals surface area (Å²) in [6.07, 6.45) is 2.98. The number of hydrogen-bond acceptors (Lipinski definition) is 4. The van der Waals surface area contributed by atoms with Gasteiger partial charge in [0, 0.05) is 31.3 Å². The number of H-pyrrole nitrogens is 2. The minimum Gasteiger partial charge on any atom is -0.343 e. The summed E-state index contributed by atoms with van der Waals surface area (Å²) in [5, 5.41) is 0.902. The quantitative estimate of drug-likeness (QED) is 0.355. The van der Waals surface area contributed by atoms with Crippen LogP contribution < -0.4 is 5.69 Å². The van der Waals surface area contributed by atoms with Gasteiger partial charge in [0.05, 0.1) is 22.1 Å². The number of carbonyl (C=O) groups is 1. The third-order valence-electron chi connectivity index (χ3n) is 5.95. The molecule has 0 atom stereocenters. The summed E-state index contributed by atoms with van der Waals surface area (Å²) in [5.74, 6) is 1.06. The fraction of sp³-hybridized carbons (Fsp3) is 0.348. The molecule has 0 aliphatic carbocycles. The van der Waals surface area contributed by atoms with Gasteiger partial charge in [-0.05, 0) is 43.5 Å². The van der Waals surface area contributed by atoms with E-state index in [1.54, 1.807) is 11.8 Å². The summed E-state index contributed by atoms with van der Waals surface area (Å²) in [5.41, 5.74) is 3.76. The molecule has 5 rings (SSSR count). The van der Waals surface area contributed by atoms with Crippen molar-refractivity contribution in [1.29, 1.82) is 0 Å². The number of nitrogens with zero attached hydrogens (tertiary/aromatic N) is 3. The summed E-state index contributed by atoms with van der Waals surface area (Å²) >= 11 is 1.66. The lowest BCUT2D eigenvalue weighted by atomic mass is 10.0. The summed E-state index contributed by atoms with van der Waals surface area (Å²) in [4.78, 5) is 37.8. The van der Waals surface area contributed by atoms with Crippen LogP contribution in [-0.2, 0) is 4.79 Å². The van der Waals surface area contributed by atoms with Gasteiger partial charge in [-0.3, -0.25) is 9.36 Å². The van der Waals surface area contributed by atoms with Crippen LogP contribution in [0.5, 0.6) is 0 Å². The van der Waals surface area contributed by atoms with Crippen LogP contribution in [0.3, 0.4) is 0 Å². The Bertz CT molecular complexity index is 1230. The molecule has 0 unspecified atom stereocenters. The number of amides is 1. The first kappa shape index (κ1) is 19.9. The normalized spacial score (nSPS) is 15.2. The SMILES string of the molecule is O=C(CCCSc1nc2ccccc2[nH]1)N1CCC(n2c(=O)[nH]c3ccccc32)CC1. The molecule has 1 saturated heterocycles. The largest absolute Gasteiger partial charge is 0.343 e. The van der Waals surface area contributed by atoms with E-state index in [-0.39, 0.29) is 17.6 Å². The minimum atomic E-state index is -0.0615. The van der Waals surface area contributed by atoms with Gasteiger partial charge in [-0.1, -0.05) is 36.0 Å². The maximum atomic E-state index is 12.6. The first-order chi connectivity index (χ1) is 15.2. The van der Waals surface area contributed by atoms with Crippen LogP contribution in [0.2, 0.25) is 0 Å². The second-order valence-corrected chi connectivity index (χ2v) is 9.02. The predicted molar refractivity (Wildman–Crippen MR) is 123 cm³/mol. The molecule has 1 fully saturated rings. The van der Waals surface area contributed by atoms with Gasteiger partial charge in [0.2, 0.25) is 5.91 Å². The number of likely N-dealkylation sites (tertiary alicyclic amines) is 1. The van der Waals surface area contributed by atoms with Crippen molar-refractivity contribution < 1.29 is 4.79 Å². The molecule has 2 N–H and O–H groups in total. The highest BCUT2D eigenvalue weighted by Crippen LogP contribution is 2.26.